The second-order valence-corrected chi connectivity index (χ2v) is 5.27. The van der Waals surface area contributed by atoms with E-state index in [4.69, 9.17) is 9.84 Å². The zero-order valence-corrected chi connectivity index (χ0v) is 11.6. The van der Waals surface area contributed by atoms with Crippen molar-refractivity contribution in [2.75, 3.05) is 7.11 Å². The van der Waals surface area contributed by atoms with Gasteiger partial charge in [0, 0.05) is 18.2 Å². The van der Waals surface area contributed by atoms with E-state index in [1.165, 1.54) is 0 Å². The third-order valence-electron chi connectivity index (χ3n) is 3.89. The number of hydrogen-bond acceptors (Lipinski definition) is 4. The van der Waals surface area contributed by atoms with E-state index in [2.05, 4.69) is 5.32 Å². The molecule has 1 aliphatic carbocycles. The van der Waals surface area contributed by atoms with Gasteiger partial charge in [0.05, 0.1) is 13.0 Å². The van der Waals surface area contributed by atoms with Crippen molar-refractivity contribution in [2.45, 2.75) is 38.3 Å². The van der Waals surface area contributed by atoms with Crippen LogP contribution in [-0.4, -0.2) is 29.3 Å². The monoisotopic (exact) mass is 279 g/mol. The van der Waals surface area contributed by atoms with E-state index in [0.29, 0.717) is 18.7 Å². The first-order chi connectivity index (χ1) is 9.60. The van der Waals surface area contributed by atoms with Crippen molar-refractivity contribution >= 4 is 5.97 Å². The summed E-state index contributed by atoms with van der Waals surface area (Å²) in [6, 6.07) is 5.30. The summed E-state index contributed by atoms with van der Waals surface area (Å²) in [4.78, 5) is 11.0. The first-order valence-corrected chi connectivity index (χ1v) is 6.92. The number of nitrogens with one attached hydrogen (secondary N) is 1. The zero-order chi connectivity index (χ0) is 14.5. The molecule has 1 aromatic carbocycles. The van der Waals surface area contributed by atoms with Gasteiger partial charge in [0.1, 0.15) is 11.5 Å². The Morgan fingerprint density at radius 1 is 1.45 bits per heavy atom. The van der Waals surface area contributed by atoms with E-state index in [1.807, 2.05) is 0 Å². The molecule has 20 heavy (non-hydrogen) atoms. The van der Waals surface area contributed by atoms with Crippen molar-refractivity contribution in [3.8, 4) is 11.5 Å². The highest BCUT2D eigenvalue weighted by molar-refractivity contribution is 5.70. The molecule has 0 spiro atoms. The Balaban J connectivity index is 1.93. The lowest BCUT2D eigenvalue weighted by Crippen LogP contribution is -2.36. The molecule has 2 unspecified atom stereocenters. The number of ether oxygens (including phenoxy) is 1. The second kappa shape index (κ2) is 6.61. The van der Waals surface area contributed by atoms with Crippen molar-refractivity contribution in [1.82, 2.24) is 5.32 Å². The Labute approximate surface area is 118 Å². The predicted molar refractivity (Wildman–Crippen MR) is 74.9 cm³/mol. The van der Waals surface area contributed by atoms with Gasteiger partial charge in [-0.05, 0) is 37.5 Å². The summed E-state index contributed by atoms with van der Waals surface area (Å²) >= 11 is 0. The summed E-state index contributed by atoms with van der Waals surface area (Å²) in [6.07, 6.45) is 3.32. The summed E-state index contributed by atoms with van der Waals surface area (Å²) in [5.74, 6) is -0.0311. The Morgan fingerprint density at radius 3 is 2.95 bits per heavy atom. The third-order valence-corrected chi connectivity index (χ3v) is 3.89. The molecule has 0 bridgehead atoms. The maximum atomic E-state index is 11.0. The fourth-order valence-corrected chi connectivity index (χ4v) is 2.68. The van der Waals surface area contributed by atoms with Gasteiger partial charge >= 0.3 is 5.97 Å². The number of methoxy groups -OCH3 is 1. The molecule has 2 atom stereocenters. The molecule has 1 fully saturated rings. The normalized spacial score (nSPS) is 22.4. The van der Waals surface area contributed by atoms with Crippen molar-refractivity contribution in [1.29, 1.82) is 0 Å². The van der Waals surface area contributed by atoms with Crippen molar-refractivity contribution in [3.63, 3.8) is 0 Å². The largest absolute Gasteiger partial charge is 0.508 e. The Kier molecular flexibility index (Phi) is 4.84. The average molecular weight is 279 g/mol. The van der Waals surface area contributed by atoms with Crippen LogP contribution < -0.4 is 10.1 Å². The number of phenols is 1. The fraction of sp³-hybridized carbons (Fsp3) is 0.533. The molecule has 1 saturated carbocycles. The molecule has 0 amide bonds. The number of aromatic hydroxyl groups is 1. The first-order valence-electron chi connectivity index (χ1n) is 6.92. The zero-order valence-electron chi connectivity index (χ0n) is 11.6. The van der Waals surface area contributed by atoms with Gasteiger partial charge in [-0.3, -0.25) is 4.79 Å². The van der Waals surface area contributed by atoms with Gasteiger partial charge < -0.3 is 20.3 Å². The van der Waals surface area contributed by atoms with Crippen LogP contribution >= 0.6 is 0 Å². The first kappa shape index (κ1) is 14.7. The van der Waals surface area contributed by atoms with Gasteiger partial charge in [-0.2, -0.15) is 0 Å². The fourth-order valence-electron chi connectivity index (χ4n) is 2.68. The number of phenolic OH excluding ortho intramolecular Hbond substituents is 1. The molecular formula is C15H21NO4. The summed E-state index contributed by atoms with van der Waals surface area (Å²) in [5.41, 5.74) is 0.766. The maximum Gasteiger partial charge on any atom is 0.306 e. The van der Waals surface area contributed by atoms with Crippen LogP contribution in [0.3, 0.4) is 0 Å². The molecule has 2 rings (SSSR count). The van der Waals surface area contributed by atoms with Gasteiger partial charge in [0.15, 0.2) is 0 Å². The molecular weight excluding hydrogens is 258 g/mol. The van der Waals surface area contributed by atoms with Gasteiger partial charge in [-0.25, -0.2) is 0 Å². The lowest BCUT2D eigenvalue weighted by Gasteiger charge is -2.27. The van der Waals surface area contributed by atoms with Crippen LogP contribution in [0, 0.1) is 5.92 Å². The van der Waals surface area contributed by atoms with Crippen LogP contribution in [0.5, 0.6) is 11.5 Å². The van der Waals surface area contributed by atoms with Crippen LogP contribution in [-0.2, 0) is 11.3 Å². The standard InChI is InChI=1S/C15H21NO4/c1-20-13-5-6-14(17)11(8-13)9-16-12-4-2-3-10(7-12)15(18)19/h5-6,8,10,12,16-17H,2-4,7,9H2,1H3,(H,18,19). The molecule has 5 nitrogen and oxygen atoms in total. The number of carboxylic acid groups (broad SMARTS) is 1. The van der Waals surface area contributed by atoms with E-state index in [-0.39, 0.29) is 17.7 Å². The van der Waals surface area contributed by atoms with Gasteiger partial charge in [-0.15, -0.1) is 0 Å². The number of benzene rings is 1. The van der Waals surface area contributed by atoms with Gasteiger partial charge in [-0.1, -0.05) is 6.42 Å². The quantitative estimate of drug-likeness (QED) is 0.769. The molecule has 0 heterocycles. The number of hydrogen-bond donors (Lipinski definition) is 3. The summed E-state index contributed by atoms with van der Waals surface area (Å²) in [5, 5.41) is 22.2. The van der Waals surface area contributed by atoms with E-state index >= 15 is 0 Å². The minimum absolute atomic E-state index is 0.190. The molecule has 0 radical (unpaired) electrons. The van der Waals surface area contributed by atoms with Crippen molar-refractivity contribution < 1.29 is 19.7 Å². The van der Waals surface area contributed by atoms with Gasteiger partial charge in [0.2, 0.25) is 0 Å². The van der Waals surface area contributed by atoms with E-state index in [1.54, 1.807) is 25.3 Å². The highest BCUT2D eigenvalue weighted by Crippen LogP contribution is 2.26. The Morgan fingerprint density at radius 2 is 2.25 bits per heavy atom. The topological polar surface area (TPSA) is 78.8 Å². The SMILES string of the molecule is COc1ccc(O)c(CNC2CCCC(C(=O)O)C2)c1. The van der Waals surface area contributed by atoms with Gasteiger partial charge in [0.25, 0.3) is 0 Å². The summed E-state index contributed by atoms with van der Waals surface area (Å²) in [6.45, 7) is 0.514. The minimum Gasteiger partial charge on any atom is -0.508 e. The number of rotatable bonds is 5. The number of carboxylic acids is 1. The van der Waals surface area contributed by atoms with Crippen LogP contribution in [0.25, 0.3) is 0 Å². The Hall–Kier alpha value is -1.75. The molecule has 3 N–H and O–H groups in total. The third kappa shape index (κ3) is 3.63. The molecule has 5 heteroatoms. The molecule has 110 valence electrons. The maximum absolute atomic E-state index is 11.0. The van der Waals surface area contributed by atoms with Crippen LogP contribution in [0.15, 0.2) is 18.2 Å². The molecule has 0 saturated heterocycles. The Bertz CT molecular complexity index is 475. The highest BCUT2D eigenvalue weighted by atomic mass is 16.5. The van der Waals surface area contributed by atoms with E-state index in [9.17, 15) is 9.90 Å². The van der Waals surface area contributed by atoms with Crippen molar-refractivity contribution in [2.24, 2.45) is 5.92 Å². The molecule has 0 aromatic heterocycles. The number of carbonyl (C=O) groups is 1. The summed E-state index contributed by atoms with van der Waals surface area (Å²) in [7, 11) is 1.59. The number of aliphatic carboxylic acids is 1. The van der Waals surface area contributed by atoms with Crippen LogP contribution in [0.2, 0.25) is 0 Å². The molecule has 1 aliphatic rings. The average Bonchev–Trinajstić information content (AvgIpc) is 2.46. The summed E-state index contributed by atoms with van der Waals surface area (Å²) < 4.78 is 5.13. The highest BCUT2D eigenvalue weighted by Gasteiger charge is 2.26. The molecule has 0 aliphatic heterocycles. The lowest BCUT2D eigenvalue weighted by atomic mass is 9.86. The minimum atomic E-state index is -0.708. The lowest BCUT2D eigenvalue weighted by molar-refractivity contribution is -0.143. The van der Waals surface area contributed by atoms with Crippen molar-refractivity contribution in [3.05, 3.63) is 23.8 Å². The molecule has 1 aromatic rings. The van der Waals surface area contributed by atoms with E-state index in [0.717, 1.165) is 24.8 Å². The van der Waals surface area contributed by atoms with Crippen LogP contribution in [0.4, 0.5) is 0 Å². The van der Waals surface area contributed by atoms with E-state index < -0.39 is 5.97 Å². The second-order valence-electron chi connectivity index (χ2n) is 5.27. The predicted octanol–water partition coefficient (Wildman–Crippen LogP) is 2.13. The van der Waals surface area contributed by atoms with Crippen LogP contribution in [0.1, 0.15) is 31.2 Å². The smallest absolute Gasteiger partial charge is 0.306 e.